The molecule has 1 saturated carbocycles. The van der Waals surface area contributed by atoms with Crippen molar-refractivity contribution in [3.63, 3.8) is 0 Å². The highest BCUT2D eigenvalue weighted by Gasteiger charge is 2.27. The molecular weight excluding hydrogens is 188 g/mol. The largest absolute Gasteiger partial charge is 0.353 e. The van der Waals surface area contributed by atoms with Gasteiger partial charge in [0.2, 0.25) is 5.91 Å². The third-order valence-electron chi connectivity index (χ3n) is 3.91. The Balaban J connectivity index is 1.77. The van der Waals surface area contributed by atoms with Gasteiger partial charge in [0.15, 0.2) is 0 Å². The summed E-state index contributed by atoms with van der Waals surface area (Å²) < 4.78 is 0. The Morgan fingerprint density at radius 2 is 2.07 bits per heavy atom. The van der Waals surface area contributed by atoms with Crippen LogP contribution in [0.15, 0.2) is 0 Å². The van der Waals surface area contributed by atoms with Crippen LogP contribution in [-0.4, -0.2) is 25.0 Å². The highest BCUT2D eigenvalue weighted by molar-refractivity contribution is 5.79. The minimum Gasteiger partial charge on any atom is -0.353 e. The van der Waals surface area contributed by atoms with Crippen molar-refractivity contribution in [3.05, 3.63) is 0 Å². The molecule has 0 aromatic carbocycles. The lowest BCUT2D eigenvalue weighted by molar-refractivity contribution is -0.125. The number of nitrogens with one attached hydrogen (secondary N) is 2. The minimum atomic E-state index is 0.217. The number of carbonyl (C=O) groups excluding carboxylic acids is 1. The third-order valence-corrected chi connectivity index (χ3v) is 3.91. The van der Waals surface area contributed by atoms with Crippen molar-refractivity contribution in [1.82, 2.24) is 10.6 Å². The van der Waals surface area contributed by atoms with Crippen molar-refractivity contribution in [2.45, 2.75) is 45.1 Å². The fourth-order valence-electron chi connectivity index (χ4n) is 2.80. The molecule has 2 N–H and O–H groups in total. The maximum absolute atomic E-state index is 11.9. The maximum Gasteiger partial charge on any atom is 0.224 e. The lowest BCUT2D eigenvalue weighted by Crippen LogP contribution is -2.41. The third kappa shape index (κ3) is 2.71. The summed E-state index contributed by atoms with van der Waals surface area (Å²) in [6.45, 7) is 4.02. The average molecular weight is 210 g/mol. The van der Waals surface area contributed by atoms with Gasteiger partial charge in [-0.25, -0.2) is 0 Å². The van der Waals surface area contributed by atoms with Crippen molar-refractivity contribution >= 4 is 5.91 Å². The predicted octanol–water partition coefficient (Wildman–Crippen LogP) is 1.29. The fourth-order valence-corrected chi connectivity index (χ4v) is 2.80. The van der Waals surface area contributed by atoms with Crippen LogP contribution in [0.25, 0.3) is 0 Å². The summed E-state index contributed by atoms with van der Waals surface area (Å²) in [5.74, 6) is 1.21. The highest BCUT2D eigenvalue weighted by Crippen LogP contribution is 2.27. The first kappa shape index (κ1) is 10.9. The number of hydrogen-bond donors (Lipinski definition) is 2. The van der Waals surface area contributed by atoms with Gasteiger partial charge in [0, 0.05) is 12.6 Å². The molecule has 86 valence electrons. The summed E-state index contributed by atoms with van der Waals surface area (Å²) in [7, 11) is 0. The molecule has 0 radical (unpaired) electrons. The van der Waals surface area contributed by atoms with Crippen LogP contribution in [0.3, 0.4) is 0 Å². The summed E-state index contributed by atoms with van der Waals surface area (Å²) >= 11 is 0. The fraction of sp³-hybridized carbons (Fsp3) is 0.917. The zero-order chi connectivity index (χ0) is 10.7. The van der Waals surface area contributed by atoms with E-state index in [1.807, 2.05) is 0 Å². The van der Waals surface area contributed by atoms with E-state index in [4.69, 9.17) is 0 Å². The van der Waals surface area contributed by atoms with Crippen LogP contribution in [0.2, 0.25) is 0 Å². The van der Waals surface area contributed by atoms with Gasteiger partial charge < -0.3 is 10.6 Å². The molecule has 0 spiro atoms. The molecule has 2 rings (SSSR count). The molecule has 2 atom stereocenters. The van der Waals surface area contributed by atoms with Crippen LogP contribution in [-0.2, 0) is 4.79 Å². The molecule has 2 fully saturated rings. The van der Waals surface area contributed by atoms with Crippen LogP contribution < -0.4 is 10.6 Å². The van der Waals surface area contributed by atoms with E-state index >= 15 is 0 Å². The lowest BCUT2D eigenvalue weighted by atomic mass is 9.98. The number of amides is 1. The molecule has 3 nitrogen and oxygen atoms in total. The smallest absolute Gasteiger partial charge is 0.224 e. The van der Waals surface area contributed by atoms with Crippen LogP contribution in [0.4, 0.5) is 0 Å². The van der Waals surface area contributed by atoms with E-state index in [1.54, 1.807) is 0 Å². The molecule has 1 amide bonds. The van der Waals surface area contributed by atoms with Crippen LogP contribution in [0.5, 0.6) is 0 Å². The molecule has 0 aromatic heterocycles. The van der Waals surface area contributed by atoms with Crippen LogP contribution in [0.1, 0.15) is 39.0 Å². The van der Waals surface area contributed by atoms with Gasteiger partial charge in [-0.1, -0.05) is 12.8 Å². The Bertz CT molecular complexity index is 218. The number of hydrogen-bond acceptors (Lipinski definition) is 2. The Morgan fingerprint density at radius 3 is 2.67 bits per heavy atom. The van der Waals surface area contributed by atoms with E-state index in [0.29, 0.717) is 6.04 Å². The molecule has 1 aliphatic heterocycles. The summed E-state index contributed by atoms with van der Waals surface area (Å²) in [6, 6.07) is 0.376. The van der Waals surface area contributed by atoms with Gasteiger partial charge in [-0.2, -0.15) is 0 Å². The van der Waals surface area contributed by atoms with E-state index in [0.717, 1.165) is 25.4 Å². The van der Waals surface area contributed by atoms with E-state index in [9.17, 15) is 4.79 Å². The molecular formula is C12H22N2O. The quantitative estimate of drug-likeness (QED) is 0.737. The average Bonchev–Trinajstić information content (AvgIpc) is 2.91. The zero-order valence-corrected chi connectivity index (χ0v) is 9.59. The van der Waals surface area contributed by atoms with Crippen molar-refractivity contribution in [1.29, 1.82) is 0 Å². The zero-order valence-electron chi connectivity index (χ0n) is 9.59. The first-order chi connectivity index (χ1) is 7.27. The number of carbonyl (C=O) groups is 1. The van der Waals surface area contributed by atoms with Gasteiger partial charge in [0.25, 0.3) is 0 Å². The summed E-state index contributed by atoms with van der Waals surface area (Å²) in [5.41, 5.74) is 0. The van der Waals surface area contributed by atoms with Crippen molar-refractivity contribution in [3.8, 4) is 0 Å². The molecule has 3 heteroatoms. The monoisotopic (exact) mass is 210 g/mol. The van der Waals surface area contributed by atoms with E-state index in [1.165, 1.54) is 25.7 Å². The maximum atomic E-state index is 11.9. The number of rotatable bonds is 3. The Hall–Kier alpha value is -0.570. The second-order valence-electron chi connectivity index (χ2n) is 5.03. The van der Waals surface area contributed by atoms with E-state index < -0.39 is 0 Å². The van der Waals surface area contributed by atoms with Gasteiger partial charge in [-0.05, 0) is 38.6 Å². The summed E-state index contributed by atoms with van der Waals surface area (Å²) in [6.07, 6.45) is 6.28. The minimum absolute atomic E-state index is 0.217. The van der Waals surface area contributed by atoms with Gasteiger partial charge in [0.1, 0.15) is 0 Å². The van der Waals surface area contributed by atoms with Crippen molar-refractivity contribution in [2.24, 2.45) is 11.8 Å². The molecule has 0 bridgehead atoms. The lowest BCUT2D eigenvalue weighted by Gasteiger charge is -2.22. The Kier molecular flexibility index (Phi) is 3.62. The Labute approximate surface area is 92.0 Å². The molecule has 1 heterocycles. The second kappa shape index (κ2) is 4.97. The van der Waals surface area contributed by atoms with Crippen LogP contribution in [0, 0.1) is 11.8 Å². The molecule has 2 aliphatic rings. The highest BCUT2D eigenvalue weighted by atomic mass is 16.2. The van der Waals surface area contributed by atoms with Crippen molar-refractivity contribution < 1.29 is 4.79 Å². The Morgan fingerprint density at radius 1 is 1.33 bits per heavy atom. The van der Waals surface area contributed by atoms with Gasteiger partial charge in [-0.15, -0.1) is 0 Å². The molecule has 1 saturated heterocycles. The molecule has 2 unspecified atom stereocenters. The van der Waals surface area contributed by atoms with Crippen LogP contribution >= 0.6 is 0 Å². The normalized spacial score (nSPS) is 29.3. The molecule has 1 aliphatic carbocycles. The standard InChI is InChI=1S/C12H22N2O/c1-9(10-4-2-3-5-10)14-12(15)11-6-7-13-8-11/h9-11,13H,2-8H2,1H3,(H,14,15). The second-order valence-corrected chi connectivity index (χ2v) is 5.03. The van der Waals surface area contributed by atoms with Crippen molar-refractivity contribution in [2.75, 3.05) is 13.1 Å². The summed E-state index contributed by atoms with van der Waals surface area (Å²) in [4.78, 5) is 11.9. The van der Waals surface area contributed by atoms with Gasteiger partial charge in [0.05, 0.1) is 5.92 Å². The molecule has 0 aromatic rings. The van der Waals surface area contributed by atoms with Gasteiger partial charge in [-0.3, -0.25) is 4.79 Å². The van der Waals surface area contributed by atoms with E-state index in [2.05, 4.69) is 17.6 Å². The first-order valence-electron chi connectivity index (χ1n) is 6.28. The summed E-state index contributed by atoms with van der Waals surface area (Å²) in [5, 5.41) is 6.42. The predicted molar refractivity (Wildman–Crippen MR) is 60.5 cm³/mol. The van der Waals surface area contributed by atoms with Gasteiger partial charge >= 0.3 is 0 Å². The topological polar surface area (TPSA) is 41.1 Å². The molecule has 15 heavy (non-hydrogen) atoms. The first-order valence-corrected chi connectivity index (χ1v) is 6.28. The SMILES string of the molecule is CC(NC(=O)C1CCNC1)C1CCCC1. The van der Waals surface area contributed by atoms with E-state index in [-0.39, 0.29) is 11.8 Å².